The SMILES string of the molecule is c1ccc(OCc2cscn2)c(N[C@@H]2[C@@H]3CCO[C@@H]3C23CCC3)c1. The fourth-order valence-electron chi connectivity index (χ4n) is 4.80. The normalized spacial score (nSPS) is 29.6. The van der Waals surface area contributed by atoms with Gasteiger partial charge in [0.1, 0.15) is 12.4 Å². The van der Waals surface area contributed by atoms with E-state index < -0.39 is 0 Å². The smallest absolute Gasteiger partial charge is 0.142 e. The average Bonchev–Trinajstić information content (AvgIpc) is 3.20. The third-order valence-corrected chi connectivity index (χ3v) is 6.73. The Balaban J connectivity index is 1.34. The summed E-state index contributed by atoms with van der Waals surface area (Å²) in [5.74, 6) is 1.58. The summed E-state index contributed by atoms with van der Waals surface area (Å²) in [7, 11) is 0. The highest BCUT2D eigenvalue weighted by Gasteiger charge is 2.66. The number of benzene rings is 1. The van der Waals surface area contributed by atoms with Crippen LogP contribution in [-0.4, -0.2) is 23.7 Å². The van der Waals surface area contributed by atoms with Gasteiger partial charge in [0, 0.05) is 29.4 Å². The first-order valence-electron chi connectivity index (χ1n) is 8.84. The van der Waals surface area contributed by atoms with Crippen molar-refractivity contribution in [1.82, 2.24) is 4.98 Å². The molecule has 2 heterocycles. The highest BCUT2D eigenvalue weighted by Crippen LogP contribution is 2.63. The van der Waals surface area contributed by atoms with Crippen molar-refractivity contribution < 1.29 is 9.47 Å². The number of fused-ring (bicyclic) bond motifs is 2. The molecule has 24 heavy (non-hydrogen) atoms. The number of ether oxygens (including phenoxy) is 2. The van der Waals surface area contributed by atoms with Gasteiger partial charge >= 0.3 is 0 Å². The molecule has 1 aliphatic heterocycles. The lowest BCUT2D eigenvalue weighted by Crippen LogP contribution is -2.68. The molecule has 4 nitrogen and oxygen atoms in total. The fourth-order valence-corrected chi connectivity index (χ4v) is 5.34. The summed E-state index contributed by atoms with van der Waals surface area (Å²) in [5, 5.41) is 5.85. The van der Waals surface area contributed by atoms with Gasteiger partial charge in [-0.05, 0) is 31.4 Å². The molecular weight excluding hydrogens is 320 g/mol. The molecule has 1 saturated heterocycles. The standard InChI is InChI=1S/C19H22N2O2S/c1-2-5-16(23-10-13-11-24-12-20-13)15(4-1)21-17-14-6-9-22-18(14)19(17)7-3-8-19/h1-2,4-5,11-12,14,17-18,21H,3,6-10H2/t14-,17+,18-/m0/s1. The Morgan fingerprint density at radius 2 is 2.25 bits per heavy atom. The minimum atomic E-state index is 0.378. The number of anilines is 1. The van der Waals surface area contributed by atoms with E-state index in [0.29, 0.717) is 30.1 Å². The lowest BCUT2D eigenvalue weighted by molar-refractivity contribution is -0.158. The molecule has 1 aromatic heterocycles. The second kappa shape index (κ2) is 5.74. The molecule has 2 aliphatic carbocycles. The van der Waals surface area contributed by atoms with Crippen molar-refractivity contribution in [2.24, 2.45) is 11.3 Å². The Labute approximate surface area is 146 Å². The second-order valence-corrected chi connectivity index (χ2v) is 7.94. The van der Waals surface area contributed by atoms with Crippen LogP contribution in [0.5, 0.6) is 5.75 Å². The summed E-state index contributed by atoms with van der Waals surface area (Å²) < 4.78 is 12.1. The number of thiazole rings is 1. The Hall–Kier alpha value is -1.59. The van der Waals surface area contributed by atoms with Gasteiger partial charge in [-0.1, -0.05) is 18.6 Å². The van der Waals surface area contributed by atoms with Crippen LogP contribution in [0.25, 0.3) is 0 Å². The zero-order valence-corrected chi connectivity index (χ0v) is 14.4. The van der Waals surface area contributed by atoms with Crippen LogP contribution >= 0.6 is 11.3 Å². The zero-order chi connectivity index (χ0) is 16.0. The maximum absolute atomic E-state index is 6.03. The van der Waals surface area contributed by atoms with Gasteiger partial charge in [-0.2, -0.15) is 0 Å². The van der Waals surface area contributed by atoms with Gasteiger partial charge in [0.25, 0.3) is 0 Å². The van der Waals surface area contributed by atoms with E-state index in [4.69, 9.17) is 9.47 Å². The van der Waals surface area contributed by atoms with E-state index in [1.165, 1.54) is 25.7 Å². The molecule has 3 fully saturated rings. The predicted octanol–water partition coefficient (Wildman–Crippen LogP) is 4.09. The summed E-state index contributed by atoms with van der Waals surface area (Å²) in [6.07, 6.45) is 5.62. The highest BCUT2D eigenvalue weighted by molar-refractivity contribution is 7.07. The van der Waals surface area contributed by atoms with Crippen LogP contribution in [0.1, 0.15) is 31.4 Å². The van der Waals surface area contributed by atoms with Crippen LogP contribution in [0.3, 0.4) is 0 Å². The summed E-state index contributed by atoms with van der Waals surface area (Å²) in [6.45, 7) is 1.45. The summed E-state index contributed by atoms with van der Waals surface area (Å²) in [4.78, 5) is 4.29. The first kappa shape index (κ1) is 14.7. The first-order valence-corrected chi connectivity index (χ1v) is 9.78. The maximum atomic E-state index is 6.03. The average molecular weight is 342 g/mol. The van der Waals surface area contributed by atoms with E-state index in [9.17, 15) is 0 Å². The Morgan fingerprint density at radius 3 is 3.04 bits per heavy atom. The van der Waals surface area contributed by atoms with Crippen molar-refractivity contribution in [1.29, 1.82) is 0 Å². The highest BCUT2D eigenvalue weighted by atomic mass is 32.1. The first-order chi connectivity index (χ1) is 11.9. The van der Waals surface area contributed by atoms with Crippen LogP contribution in [0, 0.1) is 11.3 Å². The number of hydrogen-bond donors (Lipinski definition) is 1. The van der Waals surface area contributed by atoms with Crippen molar-refractivity contribution in [3.63, 3.8) is 0 Å². The number of hydrogen-bond acceptors (Lipinski definition) is 5. The number of para-hydroxylation sites is 2. The second-order valence-electron chi connectivity index (χ2n) is 7.22. The molecule has 2 aromatic rings. The summed E-state index contributed by atoms with van der Waals surface area (Å²) in [5.41, 5.74) is 4.31. The van der Waals surface area contributed by atoms with Gasteiger partial charge in [0.05, 0.1) is 23.0 Å². The molecule has 1 spiro atoms. The zero-order valence-electron chi connectivity index (χ0n) is 13.6. The molecule has 0 bridgehead atoms. The van der Waals surface area contributed by atoms with Crippen molar-refractivity contribution >= 4 is 17.0 Å². The number of rotatable bonds is 5. The van der Waals surface area contributed by atoms with E-state index in [1.807, 2.05) is 23.0 Å². The number of nitrogens with zero attached hydrogens (tertiary/aromatic N) is 1. The minimum absolute atomic E-state index is 0.378. The van der Waals surface area contributed by atoms with Crippen molar-refractivity contribution in [2.75, 3.05) is 11.9 Å². The molecule has 3 atom stereocenters. The third kappa shape index (κ3) is 2.18. The van der Waals surface area contributed by atoms with E-state index in [1.54, 1.807) is 11.3 Å². The Morgan fingerprint density at radius 1 is 1.33 bits per heavy atom. The van der Waals surface area contributed by atoms with Crippen LogP contribution in [0.4, 0.5) is 5.69 Å². The van der Waals surface area contributed by atoms with Crippen LogP contribution < -0.4 is 10.1 Å². The topological polar surface area (TPSA) is 43.4 Å². The van der Waals surface area contributed by atoms with Crippen LogP contribution in [-0.2, 0) is 11.3 Å². The Kier molecular flexibility index (Phi) is 3.52. The molecule has 126 valence electrons. The molecular formula is C19H22N2O2S. The molecule has 0 amide bonds. The van der Waals surface area contributed by atoms with Gasteiger partial charge in [0.15, 0.2) is 0 Å². The van der Waals surface area contributed by atoms with E-state index >= 15 is 0 Å². The quantitative estimate of drug-likeness (QED) is 0.889. The van der Waals surface area contributed by atoms with Crippen LogP contribution in [0.2, 0.25) is 0 Å². The molecule has 3 aliphatic rings. The lowest BCUT2D eigenvalue weighted by atomic mass is 9.46. The van der Waals surface area contributed by atoms with Crippen LogP contribution in [0.15, 0.2) is 35.2 Å². The van der Waals surface area contributed by atoms with Gasteiger partial charge in [-0.15, -0.1) is 11.3 Å². The van der Waals surface area contributed by atoms with Gasteiger partial charge in [0.2, 0.25) is 0 Å². The van der Waals surface area contributed by atoms with Crippen molar-refractivity contribution in [3.8, 4) is 5.75 Å². The number of aromatic nitrogens is 1. The van der Waals surface area contributed by atoms with E-state index in [0.717, 1.165) is 23.7 Å². The molecule has 1 aromatic carbocycles. The maximum Gasteiger partial charge on any atom is 0.142 e. The molecule has 0 radical (unpaired) electrons. The molecule has 5 heteroatoms. The van der Waals surface area contributed by atoms with E-state index in [-0.39, 0.29) is 0 Å². The third-order valence-electron chi connectivity index (χ3n) is 6.09. The minimum Gasteiger partial charge on any atom is -0.485 e. The summed E-state index contributed by atoms with van der Waals surface area (Å²) >= 11 is 1.60. The lowest BCUT2D eigenvalue weighted by Gasteiger charge is -2.63. The fraction of sp³-hybridized carbons (Fsp3) is 0.526. The van der Waals surface area contributed by atoms with Crippen molar-refractivity contribution in [3.05, 3.63) is 40.8 Å². The molecule has 1 N–H and O–H groups in total. The largest absolute Gasteiger partial charge is 0.485 e. The number of nitrogens with one attached hydrogen (secondary N) is 1. The molecule has 5 rings (SSSR count). The van der Waals surface area contributed by atoms with Crippen molar-refractivity contribution in [2.45, 2.75) is 44.4 Å². The Bertz CT molecular complexity index is 714. The summed E-state index contributed by atoms with van der Waals surface area (Å²) in [6, 6.07) is 8.81. The van der Waals surface area contributed by atoms with E-state index in [2.05, 4.69) is 22.4 Å². The predicted molar refractivity (Wildman–Crippen MR) is 94.4 cm³/mol. The monoisotopic (exact) mass is 342 g/mol. The van der Waals surface area contributed by atoms with Gasteiger partial charge in [-0.3, -0.25) is 0 Å². The van der Waals surface area contributed by atoms with Gasteiger partial charge in [-0.25, -0.2) is 4.98 Å². The molecule has 2 saturated carbocycles. The van der Waals surface area contributed by atoms with Gasteiger partial charge < -0.3 is 14.8 Å². The molecule has 0 unspecified atom stereocenters.